The molecule has 2 N–H and O–H groups in total. The second-order valence-corrected chi connectivity index (χ2v) is 3.90. The van der Waals surface area contributed by atoms with Crippen LogP contribution >= 0.6 is 0 Å². The average molecular weight is 201 g/mol. The van der Waals surface area contributed by atoms with E-state index in [9.17, 15) is 4.79 Å². The van der Waals surface area contributed by atoms with E-state index in [1.807, 2.05) is 6.92 Å². The number of carbonyl (C=O) groups is 1. The van der Waals surface area contributed by atoms with Gasteiger partial charge in [0.05, 0.1) is 13.0 Å². The number of nitrogens with two attached hydrogens (primary N) is 1. The molecule has 0 aromatic rings. The van der Waals surface area contributed by atoms with Crippen LogP contribution in [0.2, 0.25) is 0 Å². The SMILES string of the molecule is CCCC(C)CC(N)CC(=O)OCC. The van der Waals surface area contributed by atoms with Crippen LogP contribution in [0, 0.1) is 5.92 Å². The number of ether oxygens (including phenoxy) is 1. The van der Waals surface area contributed by atoms with Gasteiger partial charge >= 0.3 is 5.97 Å². The zero-order valence-electron chi connectivity index (χ0n) is 9.58. The van der Waals surface area contributed by atoms with Crippen molar-refractivity contribution in [1.29, 1.82) is 0 Å². The first kappa shape index (κ1) is 13.4. The van der Waals surface area contributed by atoms with E-state index in [0.717, 1.165) is 6.42 Å². The molecule has 3 heteroatoms. The molecule has 2 unspecified atom stereocenters. The summed E-state index contributed by atoms with van der Waals surface area (Å²) >= 11 is 0. The maximum atomic E-state index is 11.1. The second kappa shape index (κ2) is 7.80. The van der Waals surface area contributed by atoms with E-state index in [2.05, 4.69) is 13.8 Å². The van der Waals surface area contributed by atoms with Gasteiger partial charge < -0.3 is 10.5 Å². The van der Waals surface area contributed by atoms with Crippen molar-refractivity contribution in [2.45, 2.75) is 52.5 Å². The van der Waals surface area contributed by atoms with E-state index in [1.54, 1.807) is 0 Å². The molecule has 2 atom stereocenters. The van der Waals surface area contributed by atoms with Crippen molar-refractivity contribution in [1.82, 2.24) is 0 Å². The van der Waals surface area contributed by atoms with E-state index in [-0.39, 0.29) is 12.0 Å². The Morgan fingerprint density at radius 1 is 1.43 bits per heavy atom. The first-order chi connectivity index (χ1) is 6.60. The van der Waals surface area contributed by atoms with Gasteiger partial charge in [-0.2, -0.15) is 0 Å². The molecule has 0 aromatic heterocycles. The molecule has 0 saturated heterocycles. The van der Waals surface area contributed by atoms with Crippen LogP contribution in [0.4, 0.5) is 0 Å². The van der Waals surface area contributed by atoms with Crippen molar-refractivity contribution in [3.8, 4) is 0 Å². The van der Waals surface area contributed by atoms with Gasteiger partial charge in [0.25, 0.3) is 0 Å². The van der Waals surface area contributed by atoms with Gasteiger partial charge in [0.1, 0.15) is 0 Å². The molecule has 0 aliphatic rings. The molecule has 0 rings (SSSR count). The molecule has 14 heavy (non-hydrogen) atoms. The zero-order valence-corrected chi connectivity index (χ0v) is 9.58. The Morgan fingerprint density at radius 3 is 2.57 bits per heavy atom. The summed E-state index contributed by atoms with van der Waals surface area (Å²) in [6.45, 7) is 6.58. The Bertz CT molecular complexity index is 159. The minimum Gasteiger partial charge on any atom is -0.466 e. The molecule has 0 aromatic carbocycles. The van der Waals surface area contributed by atoms with E-state index >= 15 is 0 Å². The van der Waals surface area contributed by atoms with Gasteiger partial charge in [-0.05, 0) is 19.3 Å². The highest BCUT2D eigenvalue weighted by Crippen LogP contribution is 2.13. The van der Waals surface area contributed by atoms with Crippen molar-refractivity contribution >= 4 is 5.97 Å². The Morgan fingerprint density at radius 2 is 2.07 bits per heavy atom. The quantitative estimate of drug-likeness (QED) is 0.642. The maximum absolute atomic E-state index is 11.1. The fraction of sp³-hybridized carbons (Fsp3) is 0.909. The molecular formula is C11H23NO2. The van der Waals surface area contributed by atoms with Gasteiger partial charge in [-0.3, -0.25) is 4.79 Å². The summed E-state index contributed by atoms with van der Waals surface area (Å²) < 4.78 is 4.84. The van der Waals surface area contributed by atoms with Crippen LogP contribution in [0.15, 0.2) is 0 Å². The van der Waals surface area contributed by atoms with E-state index in [4.69, 9.17) is 10.5 Å². The molecule has 0 aliphatic heterocycles. The van der Waals surface area contributed by atoms with Gasteiger partial charge in [-0.25, -0.2) is 0 Å². The zero-order chi connectivity index (χ0) is 11.0. The molecule has 0 aliphatic carbocycles. The van der Waals surface area contributed by atoms with Crippen molar-refractivity contribution in [2.24, 2.45) is 11.7 Å². The lowest BCUT2D eigenvalue weighted by atomic mass is 9.96. The normalized spacial score (nSPS) is 14.9. The number of carbonyl (C=O) groups excluding carboxylic acids is 1. The van der Waals surface area contributed by atoms with Crippen LogP contribution in [-0.4, -0.2) is 18.6 Å². The van der Waals surface area contributed by atoms with Crippen LogP contribution in [0.25, 0.3) is 0 Å². The van der Waals surface area contributed by atoms with Crippen LogP contribution in [0.1, 0.15) is 46.5 Å². The molecule has 84 valence electrons. The van der Waals surface area contributed by atoms with Gasteiger partial charge in [0.15, 0.2) is 0 Å². The minimum atomic E-state index is -0.177. The van der Waals surface area contributed by atoms with Crippen molar-refractivity contribution in [3.63, 3.8) is 0 Å². The van der Waals surface area contributed by atoms with Crippen LogP contribution in [0.3, 0.4) is 0 Å². The third kappa shape index (κ3) is 6.89. The van der Waals surface area contributed by atoms with Crippen LogP contribution in [-0.2, 0) is 9.53 Å². The highest BCUT2D eigenvalue weighted by atomic mass is 16.5. The van der Waals surface area contributed by atoms with E-state index < -0.39 is 0 Å². The number of hydrogen-bond acceptors (Lipinski definition) is 3. The summed E-state index contributed by atoms with van der Waals surface area (Å²) in [5.74, 6) is 0.424. The first-order valence-electron chi connectivity index (χ1n) is 5.51. The predicted octanol–water partition coefficient (Wildman–Crippen LogP) is 2.09. The van der Waals surface area contributed by atoms with Crippen molar-refractivity contribution < 1.29 is 9.53 Å². The number of esters is 1. The van der Waals surface area contributed by atoms with Gasteiger partial charge in [-0.1, -0.05) is 26.7 Å². The fourth-order valence-electron chi connectivity index (χ4n) is 1.64. The summed E-state index contributed by atoms with van der Waals surface area (Å²) in [5.41, 5.74) is 5.84. The van der Waals surface area contributed by atoms with Gasteiger partial charge in [0.2, 0.25) is 0 Å². The topological polar surface area (TPSA) is 52.3 Å². The van der Waals surface area contributed by atoms with E-state index in [0.29, 0.717) is 18.9 Å². The largest absolute Gasteiger partial charge is 0.466 e. The van der Waals surface area contributed by atoms with Crippen molar-refractivity contribution in [3.05, 3.63) is 0 Å². The average Bonchev–Trinajstić information content (AvgIpc) is 2.03. The Labute approximate surface area is 87.0 Å². The maximum Gasteiger partial charge on any atom is 0.307 e. The summed E-state index contributed by atoms with van der Waals surface area (Å²) in [7, 11) is 0. The monoisotopic (exact) mass is 201 g/mol. The molecular weight excluding hydrogens is 178 g/mol. The standard InChI is InChI=1S/C11H23NO2/c1-4-6-9(3)7-10(12)8-11(13)14-5-2/h9-10H,4-8,12H2,1-3H3. The summed E-state index contributed by atoms with van der Waals surface area (Å²) in [5, 5.41) is 0. The highest BCUT2D eigenvalue weighted by molar-refractivity contribution is 5.70. The molecule has 3 nitrogen and oxygen atoms in total. The Kier molecular flexibility index (Phi) is 7.48. The number of rotatable bonds is 7. The molecule has 0 radical (unpaired) electrons. The molecule has 0 saturated carbocycles. The Balaban J connectivity index is 3.63. The lowest BCUT2D eigenvalue weighted by Crippen LogP contribution is -2.27. The summed E-state index contributed by atoms with van der Waals surface area (Å²) in [6, 6.07) is -0.0457. The highest BCUT2D eigenvalue weighted by Gasteiger charge is 2.13. The molecule has 0 bridgehead atoms. The van der Waals surface area contributed by atoms with Crippen molar-refractivity contribution in [2.75, 3.05) is 6.61 Å². The lowest BCUT2D eigenvalue weighted by Gasteiger charge is -2.15. The molecule has 0 amide bonds. The molecule has 0 spiro atoms. The molecule has 0 heterocycles. The first-order valence-corrected chi connectivity index (χ1v) is 5.51. The molecule has 0 fully saturated rings. The smallest absolute Gasteiger partial charge is 0.307 e. The summed E-state index contributed by atoms with van der Waals surface area (Å²) in [4.78, 5) is 11.1. The summed E-state index contributed by atoms with van der Waals surface area (Å²) in [6.07, 6.45) is 3.61. The predicted molar refractivity (Wildman–Crippen MR) is 57.9 cm³/mol. The minimum absolute atomic E-state index is 0.0457. The lowest BCUT2D eigenvalue weighted by molar-refractivity contribution is -0.143. The third-order valence-corrected chi connectivity index (χ3v) is 2.22. The van der Waals surface area contributed by atoms with Gasteiger partial charge in [-0.15, -0.1) is 0 Å². The van der Waals surface area contributed by atoms with E-state index in [1.165, 1.54) is 12.8 Å². The van der Waals surface area contributed by atoms with Gasteiger partial charge in [0, 0.05) is 6.04 Å². The third-order valence-electron chi connectivity index (χ3n) is 2.22. The fourth-order valence-corrected chi connectivity index (χ4v) is 1.64. The van der Waals surface area contributed by atoms with Crippen LogP contribution in [0.5, 0.6) is 0 Å². The number of hydrogen-bond donors (Lipinski definition) is 1. The van der Waals surface area contributed by atoms with Crippen LogP contribution < -0.4 is 5.73 Å². The second-order valence-electron chi connectivity index (χ2n) is 3.90. The Hall–Kier alpha value is -0.570.